The maximum atomic E-state index is 13.7. The molecule has 0 aliphatic heterocycles. The van der Waals surface area contributed by atoms with Crippen molar-refractivity contribution in [1.82, 2.24) is 5.32 Å². The highest BCUT2D eigenvalue weighted by atomic mass is 32.2. The molecule has 0 aliphatic rings. The third-order valence-electron chi connectivity index (χ3n) is 5.52. The van der Waals surface area contributed by atoms with Gasteiger partial charge in [0.05, 0.1) is 30.8 Å². The Morgan fingerprint density at radius 2 is 1.49 bits per heavy atom. The van der Waals surface area contributed by atoms with E-state index in [1.54, 1.807) is 30.3 Å². The average molecular weight is 497 g/mol. The maximum absolute atomic E-state index is 13.7. The number of ether oxygens (including phenoxy) is 2. The van der Waals surface area contributed by atoms with Crippen molar-refractivity contribution in [3.63, 3.8) is 0 Å². The number of sulfonamides is 1. The van der Waals surface area contributed by atoms with Crippen LogP contribution in [0.15, 0.2) is 83.8 Å². The van der Waals surface area contributed by atoms with Gasteiger partial charge in [-0.1, -0.05) is 62.4 Å². The molecule has 186 valence electrons. The largest absolute Gasteiger partial charge is 0.493 e. The highest BCUT2D eigenvalue weighted by Crippen LogP contribution is 2.32. The molecule has 0 spiro atoms. The summed E-state index contributed by atoms with van der Waals surface area (Å²) in [6.45, 7) is 3.79. The second kappa shape index (κ2) is 11.8. The van der Waals surface area contributed by atoms with Crippen LogP contribution in [0, 0.1) is 5.92 Å². The van der Waals surface area contributed by atoms with Crippen LogP contribution in [0.4, 0.5) is 5.69 Å². The number of benzene rings is 3. The number of amides is 1. The van der Waals surface area contributed by atoms with Crippen LogP contribution >= 0.6 is 0 Å². The second-order valence-corrected chi connectivity index (χ2v) is 10.4. The number of nitrogens with one attached hydrogen (secondary N) is 1. The third kappa shape index (κ3) is 6.54. The molecule has 0 saturated heterocycles. The van der Waals surface area contributed by atoms with Gasteiger partial charge < -0.3 is 14.8 Å². The topological polar surface area (TPSA) is 84.9 Å². The highest BCUT2D eigenvalue weighted by molar-refractivity contribution is 7.92. The number of carbonyl (C=O) groups is 1. The Labute approximate surface area is 207 Å². The molecule has 0 radical (unpaired) electrons. The van der Waals surface area contributed by atoms with Gasteiger partial charge in [0, 0.05) is 6.07 Å². The van der Waals surface area contributed by atoms with Gasteiger partial charge in [0.25, 0.3) is 10.0 Å². The highest BCUT2D eigenvalue weighted by Gasteiger charge is 2.29. The summed E-state index contributed by atoms with van der Waals surface area (Å²) in [6.07, 6.45) is 0.726. The van der Waals surface area contributed by atoms with Crippen molar-refractivity contribution in [2.75, 3.05) is 25.1 Å². The lowest BCUT2D eigenvalue weighted by Crippen LogP contribution is -2.42. The van der Waals surface area contributed by atoms with Crippen molar-refractivity contribution >= 4 is 21.6 Å². The lowest BCUT2D eigenvalue weighted by molar-refractivity contribution is -0.120. The molecule has 0 fully saturated rings. The van der Waals surface area contributed by atoms with Gasteiger partial charge in [0.15, 0.2) is 11.5 Å². The summed E-state index contributed by atoms with van der Waals surface area (Å²) in [5.41, 5.74) is 1.36. The van der Waals surface area contributed by atoms with E-state index in [-0.39, 0.29) is 23.2 Å². The molecule has 1 N–H and O–H groups in total. The van der Waals surface area contributed by atoms with Crippen LogP contribution in [-0.2, 0) is 14.8 Å². The van der Waals surface area contributed by atoms with E-state index in [1.165, 1.54) is 32.4 Å². The Morgan fingerprint density at radius 1 is 0.886 bits per heavy atom. The van der Waals surface area contributed by atoms with Crippen molar-refractivity contribution in [2.24, 2.45) is 5.92 Å². The number of hydrogen-bond acceptors (Lipinski definition) is 5. The molecule has 8 heteroatoms. The quantitative estimate of drug-likeness (QED) is 0.412. The second-order valence-electron chi connectivity index (χ2n) is 8.52. The van der Waals surface area contributed by atoms with Crippen molar-refractivity contribution in [3.8, 4) is 11.5 Å². The van der Waals surface area contributed by atoms with Crippen LogP contribution in [0.5, 0.6) is 11.5 Å². The molecule has 0 aliphatic carbocycles. The summed E-state index contributed by atoms with van der Waals surface area (Å²) in [5, 5.41) is 3.04. The summed E-state index contributed by atoms with van der Waals surface area (Å²) >= 11 is 0. The first-order valence-electron chi connectivity index (χ1n) is 11.4. The van der Waals surface area contributed by atoms with Crippen molar-refractivity contribution < 1.29 is 22.7 Å². The average Bonchev–Trinajstić information content (AvgIpc) is 2.87. The van der Waals surface area contributed by atoms with Gasteiger partial charge in [-0.3, -0.25) is 9.10 Å². The minimum atomic E-state index is -4.09. The van der Waals surface area contributed by atoms with Crippen molar-refractivity contribution in [1.29, 1.82) is 0 Å². The molecule has 0 aromatic heterocycles. The first-order chi connectivity index (χ1) is 16.8. The van der Waals surface area contributed by atoms with Gasteiger partial charge in [0.1, 0.15) is 6.54 Å². The standard InChI is InChI=1S/C27H32N2O5S/c1-20(2)17-24(21-11-7-5-8-12-21)28-27(30)19-29(22-13-9-6-10-14-22)35(31,32)23-15-16-25(33-3)26(18-23)34-4/h5-16,18,20,24H,17,19H2,1-4H3,(H,28,30). The number of carbonyl (C=O) groups excluding carboxylic acids is 1. The summed E-state index contributed by atoms with van der Waals surface area (Å²) in [4.78, 5) is 13.2. The van der Waals surface area contributed by atoms with Crippen molar-refractivity contribution in [3.05, 3.63) is 84.4 Å². The zero-order valence-electron chi connectivity index (χ0n) is 20.5. The van der Waals surface area contributed by atoms with Gasteiger partial charge in [-0.25, -0.2) is 8.42 Å². The lowest BCUT2D eigenvalue weighted by atomic mass is 9.97. The minimum Gasteiger partial charge on any atom is -0.493 e. The van der Waals surface area contributed by atoms with Gasteiger partial charge >= 0.3 is 0 Å². The molecule has 3 aromatic rings. The van der Waals surface area contributed by atoms with E-state index in [0.29, 0.717) is 17.4 Å². The number of methoxy groups -OCH3 is 2. The number of nitrogens with zero attached hydrogens (tertiary/aromatic N) is 1. The molecule has 0 heterocycles. The van der Waals surface area contributed by atoms with E-state index in [9.17, 15) is 13.2 Å². The predicted octanol–water partition coefficient (Wildman–Crippen LogP) is 4.80. The third-order valence-corrected chi connectivity index (χ3v) is 7.29. The van der Waals surface area contributed by atoms with Crippen LogP contribution in [0.1, 0.15) is 31.9 Å². The fourth-order valence-corrected chi connectivity index (χ4v) is 5.26. The normalized spacial score (nSPS) is 12.1. The first-order valence-corrected chi connectivity index (χ1v) is 12.8. The molecule has 3 rings (SSSR count). The van der Waals surface area contributed by atoms with Crippen LogP contribution in [-0.4, -0.2) is 35.1 Å². The molecular formula is C27H32N2O5S. The van der Waals surface area contributed by atoms with Gasteiger partial charge in [-0.2, -0.15) is 0 Å². The molecular weight excluding hydrogens is 464 g/mol. The number of rotatable bonds is 11. The summed E-state index contributed by atoms with van der Waals surface area (Å²) in [5.74, 6) is 0.635. The van der Waals surface area contributed by atoms with E-state index in [4.69, 9.17) is 9.47 Å². The maximum Gasteiger partial charge on any atom is 0.264 e. The van der Waals surface area contributed by atoms with Crippen molar-refractivity contribution in [2.45, 2.75) is 31.2 Å². The molecule has 35 heavy (non-hydrogen) atoms. The summed E-state index contributed by atoms with van der Waals surface area (Å²) in [7, 11) is -1.17. The monoisotopic (exact) mass is 496 g/mol. The van der Waals surface area contributed by atoms with E-state index in [2.05, 4.69) is 19.2 Å². The Bertz CT molecular complexity index is 1210. The van der Waals surface area contributed by atoms with Crippen LogP contribution in [0.3, 0.4) is 0 Å². The first kappa shape index (κ1) is 26.1. The lowest BCUT2D eigenvalue weighted by Gasteiger charge is -2.27. The molecule has 0 bridgehead atoms. The molecule has 1 unspecified atom stereocenters. The zero-order valence-corrected chi connectivity index (χ0v) is 21.3. The number of hydrogen-bond donors (Lipinski definition) is 1. The summed E-state index contributed by atoms with van der Waals surface area (Å²) in [6, 6.07) is 22.4. The minimum absolute atomic E-state index is 0.00593. The Hall–Kier alpha value is -3.52. The zero-order chi connectivity index (χ0) is 25.4. The molecule has 7 nitrogen and oxygen atoms in total. The summed E-state index contributed by atoms with van der Waals surface area (Å²) < 4.78 is 39.1. The van der Waals surface area contributed by atoms with Gasteiger partial charge in [-0.05, 0) is 42.2 Å². The molecule has 1 amide bonds. The van der Waals surface area contributed by atoms with Gasteiger partial charge in [0.2, 0.25) is 5.91 Å². The molecule has 3 aromatic carbocycles. The van der Waals surface area contributed by atoms with E-state index >= 15 is 0 Å². The predicted molar refractivity (Wildman–Crippen MR) is 137 cm³/mol. The van der Waals surface area contributed by atoms with Crippen LogP contribution in [0.25, 0.3) is 0 Å². The van der Waals surface area contributed by atoms with Crippen LogP contribution < -0.4 is 19.1 Å². The fraction of sp³-hybridized carbons (Fsp3) is 0.296. The van der Waals surface area contributed by atoms with Gasteiger partial charge in [-0.15, -0.1) is 0 Å². The Morgan fingerprint density at radius 3 is 2.06 bits per heavy atom. The Kier molecular flexibility index (Phi) is 8.76. The van der Waals surface area contributed by atoms with E-state index < -0.39 is 15.9 Å². The molecule has 0 saturated carbocycles. The van der Waals surface area contributed by atoms with E-state index in [0.717, 1.165) is 16.3 Å². The number of anilines is 1. The number of para-hydroxylation sites is 1. The Balaban J connectivity index is 1.94. The smallest absolute Gasteiger partial charge is 0.264 e. The van der Waals surface area contributed by atoms with Crippen LogP contribution in [0.2, 0.25) is 0 Å². The van der Waals surface area contributed by atoms with E-state index in [1.807, 2.05) is 30.3 Å². The molecule has 1 atom stereocenters. The fourth-order valence-electron chi connectivity index (χ4n) is 3.82. The SMILES string of the molecule is COc1ccc(S(=O)(=O)N(CC(=O)NC(CC(C)C)c2ccccc2)c2ccccc2)cc1OC.